The van der Waals surface area contributed by atoms with Crippen LogP contribution in [0.5, 0.6) is 0 Å². The maximum Gasteiger partial charge on any atom is 0.257 e. The molecule has 2 heterocycles. The van der Waals surface area contributed by atoms with E-state index < -0.39 is 0 Å². The second-order valence-electron chi connectivity index (χ2n) is 4.68. The zero-order valence-corrected chi connectivity index (χ0v) is 11.4. The van der Waals surface area contributed by atoms with Gasteiger partial charge in [0, 0.05) is 12.4 Å². The molecule has 1 N–H and O–H groups in total. The molecule has 3 aromatic rings. The number of aryl methyl sites for hydroxylation is 1. The first-order chi connectivity index (χ1) is 10.2. The molecule has 0 aliphatic rings. The average Bonchev–Trinajstić information content (AvgIpc) is 2.86. The summed E-state index contributed by atoms with van der Waals surface area (Å²) in [6.45, 7) is 1.90. The zero-order chi connectivity index (χ0) is 14.8. The van der Waals surface area contributed by atoms with Crippen LogP contribution in [-0.2, 0) is 0 Å². The molecule has 21 heavy (non-hydrogen) atoms. The van der Waals surface area contributed by atoms with E-state index in [4.69, 9.17) is 5.26 Å². The lowest BCUT2D eigenvalue weighted by Crippen LogP contribution is -2.13. The van der Waals surface area contributed by atoms with Gasteiger partial charge in [0.15, 0.2) is 0 Å². The number of nitrogens with one attached hydrogen (secondary N) is 1. The maximum atomic E-state index is 12.3. The van der Waals surface area contributed by atoms with Crippen LogP contribution in [0.15, 0.2) is 48.8 Å². The molecule has 1 amide bonds. The number of nitriles is 1. The van der Waals surface area contributed by atoms with Crippen molar-refractivity contribution in [3.05, 3.63) is 65.6 Å². The van der Waals surface area contributed by atoms with E-state index in [1.807, 2.05) is 13.1 Å². The number of hydrogen-bond acceptors (Lipinski definition) is 3. The molecule has 0 fully saturated rings. The Bertz CT molecular complexity index is 873. The first-order valence-corrected chi connectivity index (χ1v) is 6.43. The fraction of sp³-hybridized carbons (Fsp3) is 0.0625. The first-order valence-electron chi connectivity index (χ1n) is 6.43. The Morgan fingerprint density at radius 2 is 2.05 bits per heavy atom. The zero-order valence-electron chi connectivity index (χ0n) is 11.4. The molecule has 0 spiro atoms. The van der Waals surface area contributed by atoms with Gasteiger partial charge in [-0.15, -0.1) is 0 Å². The Morgan fingerprint density at radius 3 is 2.86 bits per heavy atom. The lowest BCUT2D eigenvalue weighted by Gasteiger charge is -2.07. The predicted molar refractivity (Wildman–Crippen MR) is 79.0 cm³/mol. The SMILES string of the molecule is Cc1cn2cc(C(=O)Nc3ccccc3C#N)ccc2n1. The fourth-order valence-electron chi connectivity index (χ4n) is 2.14. The Balaban J connectivity index is 1.91. The summed E-state index contributed by atoms with van der Waals surface area (Å²) in [7, 11) is 0. The molecule has 0 radical (unpaired) electrons. The predicted octanol–water partition coefficient (Wildman–Crippen LogP) is 2.77. The van der Waals surface area contributed by atoms with Gasteiger partial charge in [0.2, 0.25) is 0 Å². The molecule has 1 aromatic carbocycles. The number of benzene rings is 1. The lowest BCUT2D eigenvalue weighted by atomic mass is 10.2. The second-order valence-corrected chi connectivity index (χ2v) is 4.68. The van der Waals surface area contributed by atoms with Gasteiger partial charge in [0.1, 0.15) is 11.7 Å². The van der Waals surface area contributed by atoms with Crippen LogP contribution in [0.1, 0.15) is 21.6 Å². The third kappa shape index (κ3) is 2.47. The van der Waals surface area contributed by atoms with Gasteiger partial charge in [-0.1, -0.05) is 12.1 Å². The molecular weight excluding hydrogens is 264 g/mol. The van der Waals surface area contributed by atoms with Crippen molar-refractivity contribution < 1.29 is 4.79 Å². The molecule has 0 saturated carbocycles. The van der Waals surface area contributed by atoms with Crippen LogP contribution in [0.3, 0.4) is 0 Å². The number of pyridine rings is 1. The summed E-state index contributed by atoms with van der Waals surface area (Å²) in [5.74, 6) is -0.258. The van der Waals surface area contributed by atoms with Gasteiger partial charge in [0.25, 0.3) is 5.91 Å². The molecule has 0 unspecified atom stereocenters. The van der Waals surface area contributed by atoms with E-state index >= 15 is 0 Å². The van der Waals surface area contributed by atoms with Crippen LogP contribution in [0.25, 0.3) is 5.65 Å². The van der Waals surface area contributed by atoms with Crippen molar-refractivity contribution in [2.45, 2.75) is 6.92 Å². The molecule has 102 valence electrons. The van der Waals surface area contributed by atoms with Crippen molar-refractivity contribution in [1.82, 2.24) is 9.38 Å². The normalized spacial score (nSPS) is 10.3. The number of carbonyl (C=O) groups excluding carboxylic acids is 1. The Hall–Kier alpha value is -3.13. The molecule has 0 aliphatic carbocycles. The summed E-state index contributed by atoms with van der Waals surface area (Å²) >= 11 is 0. The van der Waals surface area contributed by atoms with Crippen LogP contribution < -0.4 is 5.32 Å². The van der Waals surface area contributed by atoms with E-state index in [-0.39, 0.29) is 5.91 Å². The van der Waals surface area contributed by atoms with Crippen molar-refractivity contribution >= 4 is 17.2 Å². The van der Waals surface area contributed by atoms with Crippen molar-refractivity contribution in [1.29, 1.82) is 5.26 Å². The monoisotopic (exact) mass is 276 g/mol. The maximum absolute atomic E-state index is 12.3. The summed E-state index contributed by atoms with van der Waals surface area (Å²) in [4.78, 5) is 16.6. The van der Waals surface area contributed by atoms with Gasteiger partial charge in [-0.3, -0.25) is 4.79 Å². The van der Waals surface area contributed by atoms with Gasteiger partial charge in [0.05, 0.1) is 22.5 Å². The minimum atomic E-state index is -0.258. The third-order valence-corrected chi connectivity index (χ3v) is 3.13. The highest BCUT2D eigenvalue weighted by molar-refractivity contribution is 6.04. The van der Waals surface area contributed by atoms with Gasteiger partial charge in [-0.2, -0.15) is 5.26 Å². The van der Waals surface area contributed by atoms with Gasteiger partial charge < -0.3 is 9.72 Å². The average molecular weight is 276 g/mol. The van der Waals surface area contributed by atoms with Gasteiger partial charge in [-0.25, -0.2) is 4.98 Å². The number of rotatable bonds is 2. The number of carbonyl (C=O) groups is 1. The highest BCUT2D eigenvalue weighted by atomic mass is 16.1. The molecule has 0 bridgehead atoms. The highest BCUT2D eigenvalue weighted by Crippen LogP contribution is 2.15. The van der Waals surface area contributed by atoms with Crippen molar-refractivity contribution in [3.8, 4) is 6.07 Å². The number of anilines is 1. The lowest BCUT2D eigenvalue weighted by molar-refractivity contribution is 0.102. The first kappa shape index (κ1) is 12.9. The van der Waals surface area contributed by atoms with Crippen LogP contribution in [-0.4, -0.2) is 15.3 Å². The van der Waals surface area contributed by atoms with Crippen molar-refractivity contribution in [2.75, 3.05) is 5.32 Å². The summed E-state index contributed by atoms with van der Waals surface area (Å²) in [6, 6.07) is 12.5. The minimum Gasteiger partial charge on any atom is -0.321 e. The number of hydrogen-bond donors (Lipinski definition) is 1. The Labute approximate surface area is 121 Å². The molecule has 5 nitrogen and oxygen atoms in total. The van der Waals surface area contributed by atoms with E-state index in [0.29, 0.717) is 16.8 Å². The highest BCUT2D eigenvalue weighted by Gasteiger charge is 2.10. The van der Waals surface area contributed by atoms with Crippen molar-refractivity contribution in [2.24, 2.45) is 0 Å². The van der Waals surface area contributed by atoms with Crippen molar-refractivity contribution in [3.63, 3.8) is 0 Å². The molecule has 2 aromatic heterocycles. The summed E-state index contributed by atoms with van der Waals surface area (Å²) in [5, 5.41) is 11.8. The van der Waals surface area contributed by atoms with E-state index in [2.05, 4.69) is 16.4 Å². The van der Waals surface area contributed by atoms with E-state index in [0.717, 1.165) is 11.3 Å². The smallest absolute Gasteiger partial charge is 0.257 e. The summed E-state index contributed by atoms with van der Waals surface area (Å²) < 4.78 is 1.81. The third-order valence-electron chi connectivity index (χ3n) is 3.13. The number of aromatic nitrogens is 2. The molecular formula is C16H12N4O. The molecule has 0 atom stereocenters. The van der Waals surface area contributed by atoms with Crippen LogP contribution in [0.4, 0.5) is 5.69 Å². The summed E-state index contributed by atoms with van der Waals surface area (Å²) in [6.07, 6.45) is 3.58. The Kier molecular flexibility index (Phi) is 3.13. The van der Waals surface area contributed by atoms with E-state index in [1.54, 1.807) is 47.0 Å². The van der Waals surface area contributed by atoms with E-state index in [9.17, 15) is 4.79 Å². The standard InChI is InChI=1S/C16H12N4O/c1-11-9-20-10-13(6-7-15(20)18-11)16(21)19-14-5-3-2-4-12(14)8-17/h2-7,9-10H,1H3,(H,19,21). The number of nitrogens with zero attached hydrogens (tertiary/aromatic N) is 3. The quantitative estimate of drug-likeness (QED) is 0.782. The molecule has 0 saturated heterocycles. The van der Waals surface area contributed by atoms with Crippen LogP contribution in [0, 0.1) is 18.3 Å². The van der Waals surface area contributed by atoms with Gasteiger partial charge >= 0.3 is 0 Å². The largest absolute Gasteiger partial charge is 0.321 e. The minimum absolute atomic E-state index is 0.258. The van der Waals surface area contributed by atoms with Gasteiger partial charge in [-0.05, 0) is 31.2 Å². The van der Waals surface area contributed by atoms with Crippen LogP contribution in [0.2, 0.25) is 0 Å². The number of fused-ring (bicyclic) bond motifs is 1. The number of amides is 1. The fourth-order valence-corrected chi connectivity index (χ4v) is 2.14. The number of imidazole rings is 1. The molecule has 0 aliphatic heterocycles. The topological polar surface area (TPSA) is 70.2 Å². The Morgan fingerprint density at radius 1 is 1.24 bits per heavy atom. The molecule has 5 heteroatoms. The number of para-hydroxylation sites is 1. The van der Waals surface area contributed by atoms with E-state index in [1.165, 1.54) is 0 Å². The summed E-state index contributed by atoms with van der Waals surface area (Å²) in [5.41, 5.74) is 3.13. The van der Waals surface area contributed by atoms with Crippen LogP contribution >= 0.6 is 0 Å². The molecule has 3 rings (SSSR count). The second kappa shape index (κ2) is 5.10.